The molecule has 0 amide bonds. The SMILES string of the molecule is CCN(CC)Cc1nc2sc(C)c(C)c2c(=O)n1CCCCOc1cccc(C)c1. The van der Waals surface area contributed by atoms with Gasteiger partial charge in [0.05, 0.1) is 18.5 Å². The van der Waals surface area contributed by atoms with Gasteiger partial charge in [-0.05, 0) is 70.0 Å². The normalized spacial score (nSPS) is 11.5. The molecule has 0 atom stereocenters. The molecule has 3 rings (SSSR count). The van der Waals surface area contributed by atoms with Crippen LogP contribution in [-0.2, 0) is 13.1 Å². The van der Waals surface area contributed by atoms with E-state index in [0.29, 0.717) is 19.7 Å². The van der Waals surface area contributed by atoms with E-state index in [1.165, 1.54) is 10.4 Å². The van der Waals surface area contributed by atoms with Gasteiger partial charge in [-0.3, -0.25) is 14.3 Å². The molecule has 0 unspecified atom stereocenters. The fourth-order valence-electron chi connectivity index (χ4n) is 3.64. The van der Waals surface area contributed by atoms with Crippen LogP contribution in [0.15, 0.2) is 29.1 Å². The van der Waals surface area contributed by atoms with Crippen molar-refractivity contribution in [2.24, 2.45) is 0 Å². The van der Waals surface area contributed by atoms with Crippen molar-refractivity contribution in [3.63, 3.8) is 0 Å². The van der Waals surface area contributed by atoms with Crippen molar-refractivity contribution >= 4 is 21.6 Å². The number of aryl methyl sites for hydroxylation is 3. The lowest BCUT2D eigenvalue weighted by Crippen LogP contribution is -2.31. The lowest BCUT2D eigenvalue weighted by Gasteiger charge is -2.20. The number of nitrogens with zero attached hydrogens (tertiary/aromatic N) is 3. The van der Waals surface area contributed by atoms with Crippen molar-refractivity contribution in [1.82, 2.24) is 14.5 Å². The number of benzene rings is 1. The molecule has 0 saturated heterocycles. The number of rotatable bonds is 10. The van der Waals surface area contributed by atoms with E-state index in [9.17, 15) is 4.79 Å². The molecule has 0 saturated carbocycles. The van der Waals surface area contributed by atoms with Crippen LogP contribution in [-0.4, -0.2) is 34.1 Å². The van der Waals surface area contributed by atoms with Gasteiger partial charge in [0.15, 0.2) is 0 Å². The zero-order valence-electron chi connectivity index (χ0n) is 18.8. The summed E-state index contributed by atoms with van der Waals surface area (Å²) >= 11 is 1.63. The summed E-state index contributed by atoms with van der Waals surface area (Å²) in [7, 11) is 0. The van der Waals surface area contributed by atoms with Gasteiger partial charge in [-0.1, -0.05) is 26.0 Å². The van der Waals surface area contributed by atoms with E-state index in [-0.39, 0.29) is 5.56 Å². The van der Waals surface area contributed by atoms with Crippen molar-refractivity contribution < 1.29 is 4.74 Å². The van der Waals surface area contributed by atoms with Crippen LogP contribution in [0.1, 0.15) is 48.5 Å². The van der Waals surface area contributed by atoms with Gasteiger partial charge in [-0.25, -0.2) is 4.98 Å². The second-order valence-corrected chi connectivity index (χ2v) is 8.98. The van der Waals surface area contributed by atoms with Crippen molar-refractivity contribution in [2.45, 2.75) is 60.5 Å². The number of unbranched alkanes of at least 4 members (excludes halogenated alkanes) is 1. The average Bonchev–Trinajstić information content (AvgIpc) is 3.01. The fraction of sp³-hybridized carbons (Fsp3) is 0.500. The smallest absolute Gasteiger partial charge is 0.262 e. The van der Waals surface area contributed by atoms with E-state index in [4.69, 9.17) is 9.72 Å². The van der Waals surface area contributed by atoms with Gasteiger partial charge in [0.1, 0.15) is 16.4 Å². The number of hydrogen-bond donors (Lipinski definition) is 0. The second kappa shape index (κ2) is 10.2. The van der Waals surface area contributed by atoms with Crippen LogP contribution >= 0.6 is 11.3 Å². The van der Waals surface area contributed by atoms with Crippen molar-refractivity contribution in [1.29, 1.82) is 0 Å². The topological polar surface area (TPSA) is 47.4 Å². The number of fused-ring (bicyclic) bond motifs is 1. The standard InChI is InChI=1S/C24H33N3O2S/c1-6-26(7-2)16-21-25-23-22(18(4)19(5)30-23)24(28)27(21)13-8-9-14-29-20-12-10-11-17(3)15-20/h10-12,15H,6-9,13-14,16H2,1-5H3. The molecular formula is C24H33N3O2S. The zero-order chi connectivity index (χ0) is 21.7. The molecule has 6 heteroatoms. The molecule has 0 radical (unpaired) electrons. The average molecular weight is 428 g/mol. The molecule has 0 aliphatic rings. The first-order chi connectivity index (χ1) is 14.4. The number of thiophene rings is 1. The van der Waals surface area contributed by atoms with E-state index in [1.54, 1.807) is 11.3 Å². The molecular weight excluding hydrogens is 394 g/mol. The Hall–Kier alpha value is -2.18. The Kier molecular flexibility index (Phi) is 7.67. The molecule has 162 valence electrons. The number of hydrogen-bond acceptors (Lipinski definition) is 5. The summed E-state index contributed by atoms with van der Waals surface area (Å²) in [4.78, 5) is 22.6. The molecule has 1 aromatic carbocycles. The highest BCUT2D eigenvalue weighted by Crippen LogP contribution is 2.26. The molecule has 5 nitrogen and oxygen atoms in total. The van der Waals surface area contributed by atoms with Crippen LogP contribution in [0.2, 0.25) is 0 Å². The maximum atomic E-state index is 13.3. The van der Waals surface area contributed by atoms with E-state index < -0.39 is 0 Å². The minimum atomic E-state index is 0.101. The molecule has 0 aliphatic carbocycles. The summed E-state index contributed by atoms with van der Waals surface area (Å²) in [6.07, 6.45) is 1.77. The first-order valence-corrected chi connectivity index (χ1v) is 11.7. The van der Waals surface area contributed by atoms with E-state index >= 15 is 0 Å². The predicted molar refractivity (Wildman–Crippen MR) is 126 cm³/mol. The third-order valence-electron chi connectivity index (χ3n) is 5.66. The molecule has 0 spiro atoms. The van der Waals surface area contributed by atoms with Crippen molar-refractivity contribution in [3.05, 3.63) is 56.4 Å². The molecule has 0 fully saturated rings. The number of aromatic nitrogens is 2. The minimum Gasteiger partial charge on any atom is -0.494 e. The maximum Gasteiger partial charge on any atom is 0.262 e. The van der Waals surface area contributed by atoms with Crippen molar-refractivity contribution in [3.8, 4) is 5.75 Å². The lowest BCUT2D eigenvalue weighted by atomic mass is 10.2. The van der Waals surface area contributed by atoms with E-state index in [2.05, 4.69) is 38.7 Å². The van der Waals surface area contributed by atoms with Crippen LogP contribution in [0, 0.1) is 20.8 Å². The van der Waals surface area contributed by atoms with Gasteiger partial charge in [-0.2, -0.15) is 0 Å². The van der Waals surface area contributed by atoms with Crippen LogP contribution in [0.5, 0.6) is 5.75 Å². The molecule has 3 aromatic rings. The van der Waals surface area contributed by atoms with E-state index in [1.807, 2.05) is 29.7 Å². The van der Waals surface area contributed by atoms with Crippen LogP contribution in [0.3, 0.4) is 0 Å². The predicted octanol–water partition coefficient (Wildman–Crippen LogP) is 5.08. The van der Waals surface area contributed by atoms with Gasteiger partial charge >= 0.3 is 0 Å². The first kappa shape index (κ1) is 22.5. The summed E-state index contributed by atoms with van der Waals surface area (Å²) in [6.45, 7) is 14.4. The van der Waals surface area contributed by atoms with E-state index in [0.717, 1.165) is 53.3 Å². The lowest BCUT2D eigenvalue weighted by molar-refractivity contribution is 0.278. The Labute approximate surface area is 183 Å². The van der Waals surface area contributed by atoms with Gasteiger partial charge in [-0.15, -0.1) is 11.3 Å². The second-order valence-electron chi connectivity index (χ2n) is 7.78. The Bertz CT molecular complexity index is 1050. The monoisotopic (exact) mass is 427 g/mol. The summed E-state index contributed by atoms with van der Waals surface area (Å²) in [5.74, 6) is 1.78. The Balaban J connectivity index is 1.75. The van der Waals surface area contributed by atoms with Gasteiger partial charge < -0.3 is 4.74 Å². The van der Waals surface area contributed by atoms with Crippen LogP contribution in [0.25, 0.3) is 10.2 Å². The summed E-state index contributed by atoms with van der Waals surface area (Å²) in [5, 5.41) is 0.789. The van der Waals surface area contributed by atoms with Crippen molar-refractivity contribution in [2.75, 3.05) is 19.7 Å². The zero-order valence-corrected chi connectivity index (χ0v) is 19.6. The third-order valence-corrected chi connectivity index (χ3v) is 6.76. The quantitative estimate of drug-likeness (QED) is 0.423. The molecule has 0 N–H and O–H groups in total. The van der Waals surface area contributed by atoms with Crippen LogP contribution < -0.4 is 10.3 Å². The minimum absolute atomic E-state index is 0.101. The Morgan fingerprint density at radius 2 is 1.90 bits per heavy atom. The maximum absolute atomic E-state index is 13.3. The van der Waals surface area contributed by atoms with Gasteiger partial charge in [0.2, 0.25) is 0 Å². The fourth-order valence-corrected chi connectivity index (χ4v) is 4.67. The summed E-state index contributed by atoms with van der Waals surface area (Å²) in [6, 6.07) is 8.11. The highest BCUT2D eigenvalue weighted by molar-refractivity contribution is 7.18. The van der Waals surface area contributed by atoms with Gasteiger partial charge in [0.25, 0.3) is 5.56 Å². The Morgan fingerprint density at radius 3 is 2.60 bits per heavy atom. The van der Waals surface area contributed by atoms with Gasteiger partial charge in [0, 0.05) is 11.4 Å². The molecule has 0 aliphatic heterocycles. The molecule has 0 bridgehead atoms. The highest BCUT2D eigenvalue weighted by Gasteiger charge is 2.17. The van der Waals surface area contributed by atoms with Crippen LogP contribution in [0.4, 0.5) is 0 Å². The third kappa shape index (κ3) is 5.10. The molecule has 30 heavy (non-hydrogen) atoms. The highest BCUT2D eigenvalue weighted by atomic mass is 32.1. The number of ether oxygens (including phenoxy) is 1. The summed E-state index contributed by atoms with van der Waals surface area (Å²) < 4.78 is 7.76. The first-order valence-electron chi connectivity index (χ1n) is 10.9. The summed E-state index contributed by atoms with van der Waals surface area (Å²) in [5.41, 5.74) is 2.36. The molecule has 2 heterocycles. The molecule has 2 aromatic heterocycles. The Morgan fingerprint density at radius 1 is 1.13 bits per heavy atom. The largest absolute Gasteiger partial charge is 0.494 e.